The second kappa shape index (κ2) is 9.66. The molecule has 4 heterocycles. The summed E-state index contributed by atoms with van der Waals surface area (Å²) in [4.78, 5) is 7.78. The van der Waals surface area contributed by atoms with E-state index in [2.05, 4.69) is 60.5 Å². The summed E-state index contributed by atoms with van der Waals surface area (Å²) in [6, 6.07) is 12.5. The number of aromatic nitrogens is 2. The largest absolute Gasteiger partial charge is 0.384 e. The second-order valence-corrected chi connectivity index (χ2v) is 9.16. The first-order valence-corrected chi connectivity index (χ1v) is 12.1. The van der Waals surface area contributed by atoms with Crippen LogP contribution in [0.25, 0.3) is 10.9 Å². The highest BCUT2D eigenvalue weighted by atomic mass is 35.5. The van der Waals surface area contributed by atoms with Gasteiger partial charge in [0.25, 0.3) is 0 Å². The average Bonchev–Trinajstić information content (AvgIpc) is 3.62. The number of rotatable bonds is 6. The van der Waals surface area contributed by atoms with Crippen molar-refractivity contribution in [3.05, 3.63) is 94.2 Å². The molecule has 0 bridgehead atoms. The zero-order valence-electron chi connectivity index (χ0n) is 19.7. The molecule has 2 aliphatic rings. The van der Waals surface area contributed by atoms with Crippen LogP contribution < -0.4 is 32.3 Å². The fourth-order valence-electron chi connectivity index (χ4n) is 4.74. The molecule has 6 N–H and O–H groups in total. The maximum absolute atomic E-state index is 13.8. The lowest BCUT2D eigenvalue weighted by Gasteiger charge is -2.24. The summed E-state index contributed by atoms with van der Waals surface area (Å²) in [5, 5.41) is 20.6. The van der Waals surface area contributed by atoms with Crippen molar-refractivity contribution in [3.63, 3.8) is 0 Å². The standard InChI is InChI=1S/C26H20ClF2N9/c27-19-7-14(35-25(22-12-34-38-37-22)17-2-1-3-21-16(17)4-5-31-21)6-18-23(13(9-30)10-32-24(18)19)36-15-8-20(28)26(29)33-11-15/h1-3,6-8,10-12,25,31,34-35,37-38H,4-5H2,(H,32,36)/t25-/m0/s1. The molecule has 4 aromatic rings. The molecule has 2 aromatic heterocycles. The van der Waals surface area contributed by atoms with Crippen molar-refractivity contribution < 1.29 is 8.78 Å². The number of hydrogen-bond acceptors (Lipinski definition) is 9. The van der Waals surface area contributed by atoms with Gasteiger partial charge >= 0.3 is 0 Å². The first kappa shape index (κ1) is 23.7. The number of nitrogens with one attached hydrogen (secondary N) is 6. The zero-order valence-corrected chi connectivity index (χ0v) is 20.4. The molecule has 0 saturated carbocycles. The molecule has 6 rings (SSSR count). The van der Waals surface area contributed by atoms with Crippen LogP contribution in [-0.4, -0.2) is 16.5 Å². The third-order valence-electron chi connectivity index (χ3n) is 6.45. The highest BCUT2D eigenvalue weighted by molar-refractivity contribution is 6.36. The van der Waals surface area contributed by atoms with Crippen LogP contribution in [0.15, 0.2) is 60.7 Å². The van der Waals surface area contributed by atoms with Crippen LogP contribution in [0.2, 0.25) is 5.02 Å². The molecule has 0 saturated heterocycles. The van der Waals surface area contributed by atoms with E-state index in [9.17, 15) is 14.0 Å². The molecule has 38 heavy (non-hydrogen) atoms. The Labute approximate surface area is 220 Å². The second-order valence-electron chi connectivity index (χ2n) is 8.76. The van der Waals surface area contributed by atoms with Gasteiger partial charge in [-0.1, -0.05) is 23.7 Å². The van der Waals surface area contributed by atoms with Crippen LogP contribution in [0, 0.1) is 23.1 Å². The van der Waals surface area contributed by atoms with Gasteiger partial charge in [-0.15, -0.1) is 0 Å². The van der Waals surface area contributed by atoms with Crippen LogP contribution in [-0.2, 0) is 6.42 Å². The van der Waals surface area contributed by atoms with E-state index in [4.69, 9.17) is 11.6 Å². The topological polar surface area (TPSA) is 122 Å². The van der Waals surface area contributed by atoms with Gasteiger partial charge < -0.3 is 26.8 Å². The number of halogens is 3. The number of benzene rings is 2. The molecule has 0 spiro atoms. The summed E-state index contributed by atoms with van der Waals surface area (Å²) in [5.41, 5.74) is 15.0. The molecular formula is C26H20ClF2N9. The summed E-state index contributed by atoms with van der Waals surface area (Å²) in [6.45, 7) is 0.861. The quantitative estimate of drug-likeness (QED) is 0.196. The average molecular weight is 532 g/mol. The molecule has 0 radical (unpaired) electrons. The van der Waals surface area contributed by atoms with E-state index in [1.165, 1.54) is 11.8 Å². The van der Waals surface area contributed by atoms with Gasteiger partial charge in [-0.3, -0.25) is 4.98 Å². The lowest BCUT2D eigenvalue weighted by Crippen LogP contribution is -2.34. The van der Waals surface area contributed by atoms with Crippen molar-refractivity contribution in [2.24, 2.45) is 0 Å². The maximum Gasteiger partial charge on any atom is 0.249 e. The van der Waals surface area contributed by atoms with Crippen molar-refractivity contribution >= 4 is 45.3 Å². The Morgan fingerprint density at radius 1 is 1.11 bits per heavy atom. The highest BCUT2D eigenvalue weighted by Gasteiger charge is 2.26. The van der Waals surface area contributed by atoms with E-state index in [1.807, 2.05) is 18.3 Å². The first-order valence-electron chi connectivity index (χ1n) is 11.7. The molecule has 0 fully saturated rings. The minimum atomic E-state index is -1.21. The number of pyridine rings is 2. The van der Waals surface area contributed by atoms with Crippen LogP contribution in [0.5, 0.6) is 0 Å². The Kier molecular flexibility index (Phi) is 6.03. The minimum absolute atomic E-state index is 0.171. The molecule has 2 aliphatic heterocycles. The van der Waals surface area contributed by atoms with Gasteiger partial charge in [-0.2, -0.15) is 15.2 Å². The van der Waals surface area contributed by atoms with E-state index in [0.29, 0.717) is 27.3 Å². The third-order valence-corrected chi connectivity index (χ3v) is 6.74. The number of anilines is 4. The first-order chi connectivity index (χ1) is 18.5. The summed E-state index contributed by atoms with van der Waals surface area (Å²) in [6.07, 6.45) is 5.25. The van der Waals surface area contributed by atoms with Crippen molar-refractivity contribution in [1.29, 1.82) is 5.26 Å². The number of nitrogens with zero attached hydrogens (tertiary/aromatic N) is 3. The van der Waals surface area contributed by atoms with E-state index in [1.54, 1.807) is 6.07 Å². The Bertz CT molecular complexity index is 1650. The smallest absolute Gasteiger partial charge is 0.249 e. The third kappa shape index (κ3) is 4.26. The lowest BCUT2D eigenvalue weighted by atomic mass is 9.96. The molecule has 0 amide bonds. The molecular weight excluding hydrogens is 512 g/mol. The summed E-state index contributed by atoms with van der Waals surface area (Å²) >= 11 is 6.66. The van der Waals surface area contributed by atoms with Gasteiger partial charge in [0.1, 0.15) is 6.07 Å². The number of hydrogen-bond donors (Lipinski definition) is 6. The predicted molar refractivity (Wildman–Crippen MR) is 141 cm³/mol. The Morgan fingerprint density at radius 2 is 2.00 bits per heavy atom. The molecule has 2 aromatic carbocycles. The summed E-state index contributed by atoms with van der Waals surface area (Å²) < 4.78 is 27.2. The van der Waals surface area contributed by atoms with Gasteiger partial charge in [0.05, 0.1) is 45.4 Å². The lowest BCUT2D eigenvalue weighted by molar-refractivity contribution is 0.480. The van der Waals surface area contributed by atoms with Crippen LogP contribution in [0.3, 0.4) is 0 Å². The van der Waals surface area contributed by atoms with Crippen molar-refractivity contribution in [2.75, 3.05) is 22.5 Å². The molecule has 190 valence electrons. The van der Waals surface area contributed by atoms with Gasteiger partial charge in [0.2, 0.25) is 5.95 Å². The van der Waals surface area contributed by atoms with Gasteiger partial charge in [-0.25, -0.2) is 9.37 Å². The van der Waals surface area contributed by atoms with Crippen LogP contribution >= 0.6 is 11.6 Å². The summed E-state index contributed by atoms with van der Waals surface area (Å²) in [5.74, 6) is -2.32. The van der Waals surface area contributed by atoms with E-state index in [0.717, 1.165) is 42.2 Å². The molecule has 12 heteroatoms. The van der Waals surface area contributed by atoms with Crippen LogP contribution in [0.1, 0.15) is 22.7 Å². The Balaban J connectivity index is 1.45. The van der Waals surface area contributed by atoms with Gasteiger partial charge in [0.15, 0.2) is 5.82 Å². The predicted octanol–water partition coefficient (Wildman–Crippen LogP) is 4.75. The minimum Gasteiger partial charge on any atom is -0.384 e. The zero-order chi connectivity index (χ0) is 26.2. The Morgan fingerprint density at radius 3 is 2.79 bits per heavy atom. The Hall–Kier alpha value is -4.66. The normalized spacial score (nSPS) is 14.5. The van der Waals surface area contributed by atoms with Crippen LogP contribution in [0.4, 0.5) is 31.5 Å². The number of nitriles is 1. The SMILES string of the molecule is N#Cc1cnc2c(Cl)cc(N[C@H](C3=CNNN3)c3cccc4c3CCN4)cc2c1Nc1cnc(F)c(F)c1. The van der Waals surface area contributed by atoms with E-state index >= 15 is 0 Å². The molecule has 1 atom stereocenters. The fraction of sp³-hybridized carbons (Fsp3) is 0.115. The molecule has 0 unspecified atom stereocenters. The monoisotopic (exact) mass is 531 g/mol. The molecule has 0 aliphatic carbocycles. The van der Waals surface area contributed by atoms with Gasteiger partial charge in [0, 0.05) is 41.8 Å². The van der Waals surface area contributed by atoms with E-state index < -0.39 is 11.8 Å². The summed E-state index contributed by atoms with van der Waals surface area (Å²) in [7, 11) is 0. The van der Waals surface area contributed by atoms with Gasteiger partial charge in [-0.05, 0) is 35.7 Å². The van der Waals surface area contributed by atoms with E-state index in [-0.39, 0.29) is 17.3 Å². The number of hydrazine groups is 2. The maximum atomic E-state index is 13.8. The molecule has 9 nitrogen and oxygen atoms in total. The number of fused-ring (bicyclic) bond motifs is 2. The van der Waals surface area contributed by atoms with Crippen molar-refractivity contribution in [3.8, 4) is 6.07 Å². The fourth-order valence-corrected chi connectivity index (χ4v) is 5.01. The highest BCUT2D eigenvalue weighted by Crippen LogP contribution is 2.38. The van der Waals surface area contributed by atoms with Crippen molar-refractivity contribution in [1.82, 2.24) is 26.4 Å². The van der Waals surface area contributed by atoms with Crippen molar-refractivity contribution in [2.45, 2.75) is 12.5 Å².